The maximum atomic E-state index is 9.47. The number of hydrogen-bond donors (Lipinski definition) is 3. The topological polar surface area (TPSA) is 84.1 Å². The van der Waals surface area contributed by atoms with Crippen LogP contribution in [0.5, 0.6) is 5.75 Å². The lowest BCUT2D eigenvalue weighted by molar-refractivity contribution is 0.475. The van der Waals surface area contributed by atoms with Crippen LogP contribution in [0.2, 0.25) is 5.02 Å². The summed E-state index contributed by atoms with van der Waals surface area (Å²) in [6.07, 6.45) is 0. The lowest BCUT2D eigenvalue weighted by atomic mass is 9.92. The second kappa shape index (κ2) is 5.26. The third kappa shape index (κ3) is 3.00. The van der Waals surface area contributed by atoms with Gasteiger partial charge < -0.3 is 10.5 Å². The Hall–Kier alpha value is -1.85. The van der Waals surface area contributed by atoms with Crippen LogP contribution in [0.3, 0.4) is 0 Å². The molecule has 1 aromatic heterocycles. The van der Waals surface area contributed by atoms with Crippen LogP contribution in [-0.4, -0.2) is 15.1 Å². The van der Waals surface area contributed by atoms with Crippen LogP contribution >= 0.6 is 11.6 Å². The van der Waals surface area contributed by atoms with Crippen molar-refractivity contribution in [3.63, 3.8) is 0 Å². The Morgan fingerprint density at radius 1 is 1.20 bits per heavy atom. The molecule has 4 N–H and O–H groups in total. The maximum absolute atomic E-state index is 9.47. The highest BCUT2D eigenvalue weighted by Crippen LogP contribution is 2.30. The standard InChI is InChI=1S/C14H17ClN4O/c1-14(2,3)11-7-12(19-16)18-13(17-11)8-4-5-10(20)9(15)6-8/h4-7,20H,16H2,1-3H3,(H,17,18,19). The zero-order valence-electron chi connectivity index (χ0n) is 11.6. The van der Waals surface area contributed by atoms with Crippen LogP contribution in [0.15, 0.2) is 24.3 Å². The first-order valence-electron chi connectivity index (χ1n) is 6.16. The van der Waals surface area contributed by atoms with Gasteiger partial charge in [0.2, 0.25) is 0 Å². The number of aromatic hydroxyl groups is 1. The quantitative estimate of drug-likeness (QED) is 0.585. The summed E-state index contributed by atoms with van der Waals surface area (Å²) in [6.45, 7) is 6.18. The number of halogens is 1. The third-order valence-electron chi connectivity index (χ3n) is 2.85. The lowest BCUT2D eigenvalue weighted by Gasteiger charge is -2.19. The van der Waals surface area contributed by atoms with Gasteiger partial charge in [-0.3, -0.25) is 0 Å². The van der Waals surface area contributed by atoms with Crippen molar-refractivity contribution >= 4 is 17.4 Å². The molecular weight excluding hydrogens is 276 g/mol. The number of hydrazine groups is 1. The van der Waals surface area contributed by atoms with E-state index < -0.39 is 0 Å². The van der Waals surface area contributed by atoms with Crippen LogP contribution in [0, 0.1) is 0 Å². The number of phenolic OH excluding ortho intramolecular Hbond substituents is 1. The van der Waals surface area contributed by atoms with Crippen LogP contribution in [0.1, 0.15) is 26.5 Å². The van der Waals surface area contributed by atoms with E-state index >= 15 is 0 Å². The second-order valence-corrected chi connectivity index (χ2v) is 5.93. The molecule has 0 saturated heterocycles. The number of benzene rings is 1. The van der Waals surface area contributed by atoms with Crippen molar-refractivity contribution in [3.05, 3.63) is 35.0 Å². The zero-order chi connectivity index (χ0) is 14.9. The van der Waals surface area contributed by atoms with Crippen molar-refractivity contribution < 1.29 is 5.11 Å². The average Bonchev–Trinajstić information content (AvgIpc) is 2.40. The Kier molecular flexibility index (Phi) is 3.83. The Bertz CT molecular complexity index is 638. The van der Waals surface area contributed by atoms with Gasteiger partial charge in [-0.05, 0) is 18.2 Å². The van der Waals surface area contributed by atoms with Gasteiger partial charge in [-0.25, -0.2) is 15.8 Å². The number of anilines is 1. The van der Waals surface area contributed by atoms with E-state index in [4.69, 9.17) is 17.4 Å². The molecule has 1 aromatic carbocycles. The SMILES string of the molecule is CC(C)(C)c1cc(NN)nc(-c2ccc(O)c(Cl)c2)n1. The molecule has 0 spiro atoms. The van der Waals surface area contributed by atoms with Gasteiger partial charge in [0.15, 0.2) is 5.82 Å². The number of rotatable bonds is 2. The largest absolute Gasteiger partial charge is 0.506 e. The fraction of sp³-hybridized carbons (Fsp3) is 0.286. The van der Waals surface area contributed by atoms with Gasteiger partial charge >= 0.3 is 0 Å². The Morgan fingerprint density at radius 3 is 2.45 bits per heavy atom. The highest BCUT2D eigenvalue weighted by atomic mass is 35.5. The third-order valence-corrected chi connectivity index (χ3v) is 3.15. The molecule has 0 radical (unpaired) electrons. The van der Waals surface area contributed by atoms with E-state index in [2.05, 4.69) is 36.2 Å². The molecule has 0 atom stereocenters. The molecule has 0 saturated carbocycles. The fourth-order valence-electron chi connectivity index (χ4n) is 1.68. The van der Waals surface area contributed by atoms with Gasteiger partial charge in [-0.15, -0.1) is 0 Å². The minimum atomic E-state index is -0.135. The average molecular weight is 293 g/mol. The van der Waals surface area contributed by atoms with Crippen molar-refractivity contribution in [2.75, 3.05) is 5.43 Å². The molecule has 0 amide bonds. The molecule has 20 heavy (non-hydrogen) atoms. The molecule has 0 aliphatic carbocycles. The van der Waals surface area contributed by atoms with E-state index in [-0.39, 0.29) is 16.2 Å². The number of nitrogens with zero attached hydrogens (tertiary/aromatic N) is 2. The predicted molar refractivity (Wildman–Crippen MR) is 80.7 cm³/mol. The summed E-state index contributed by atoms with van der Waals surface area (Å²) in [5, 5.41) is 9.73. The first-order valence-corrected chi connectivity index (χ1v) is 6.54. The Morgan fingerprint density at radius 2 is 1.90 bits per heavy atom. The van der Waals surface area contributed by atoms with Crippen LogP contribution in [0.4, 0.5) is 5.82 Å². The molecule has 2 rings (SSSR count). The van der Waals surface area contributed by atoms with Gasteiger partial charge in [0.05, 0.1) is 10.7 Å². The van der Waals surface area contributed by atoms with Crippen molar-refractivity contribution in [3.8, 4) is 17.1 Å². The van der Waals surface area contributed by atoms with Gasteiger partial charge in [-0.2, -0.15) is 0 Å². The van der Waals surface area contributed by atoms with E-state index in [1.54, 1.807) is 12.1 Å². The zero-order valence-corrected chi connectivity index (χ0v) is 12.4. The summed E-state index contributed by atoms with van der Waals surface area (Å²) in [7, 11) is 0. The van der Waals surface area contributed by atoms with Crippen molar-refractivity contribution in [1.82, 2.24) is 9.97 Å². The van der Waals surface area contributed by atoms with Gasteiger partial charge in [0.25, 0.3) is 0 Å². The Balaban J connectivity index is 2.58. The summed E-state index contributed by atoms with van der Waals surface area (Å²) in [5.41, 5.74) is 3.99. The molecule has 2 aromatic rings. The Labute approximate surface area is 122 Å². The number of hydrogen-bond acceptors (Lipinski definition) is 5. The minimum Gasteiger partial charge on any atom is -0.506 e. The van der Waals surface area contributed by atoms with Gasteiger partial charge in [0, 0.05) is 17.0 Å². The number of nitrogen functional groups attached to an aromatic ring is 1. The van der Waals surface area contributed by atoms with Crippen molar-refractivity contribution in [1.29, 1.82) is 0 Å². The van der Waals surface area contributed by atoms with Gasteiger partial charge in [-0.1, -0.05) is 32.4 Å². The van der Waals surface area contributed by atoms with Crippen LogP contribution < -0.4 is 11.3 Å². The normalized spacial score (nSPS) is 11.4. The van der Waals surface area contributed by atoms with E-state index in [1.807, 2.05) is 6.07 Å². The maximum Gasteiger partial charge on any atom is 0.161 e. The number of phenols is 1. The highest BCUT2D eigenvalue weighted by Gasteiger charge is 2.18. The smallest absolute Gasteiger partial charge is 0.161 e. The molecule has 0 aliphatic rings. The molecule has 0 unspecified atom stereocenters. The minimum absolute atomic E-state index is 0.0274. The van der Waals surface area contributed by atoms with E-state index in [9.17, 15) is 5.11 Å². The molecular formula is C14H17ClN4O. The molecule has 106 valence electrons. The number of nitrogens with one attached hydrogen (secondary N) is 1. The van der Waals surface area contributed by atoms with Crippen LogP contribution in [0.25, 0.3) is 11.4 Å². The number of nitrogens with two attached hydrogens (primary N) is 1. The summed E-state index contributed by atoms with van der Waals surface area (Å²) in [5.74, 6) is 6.52. The molecule has 0 fully saturated rings. The molecule has 0 bridgehead atoms. The van der Waals surface area contributed by atoms with Crippen molar-refractivity contribution in [2.45, 2.75) is 26.2 Å². The monoisotopic (exact) mass is 292 g/mol. The summed E-state index contributed by atoms with van der Waals surface area (Å²) in [6, 6.07) is 6.66. The number of aromatic nitrogens is 2. The van der Waals surface area contributed by atoms with E-state index in [1.165, 1.54) is 6.07 Å². The van der Waals surface area contributed by atoms with E-state index in [0.717, 1.165) is 11.3 Å². The fourth-order valence-corrected chi connectivity index (χ4v) is 1.86. The van der Waals surface area contributed by atoms with Crippen molar-refractivity contribution in [2.24, 2.45) is 5.84 Å². The molecule has 6 heteroatoms. The highest BCUT2D eigenvalue weighted by molar-refractivity contribution is 6.32. The van der Waals surface area contributed by atoms with Gasteiger partial charge in [0.1, 0.15) is 11.6 Å². The van der Waals surface area contributed by atoms with Crippen LogP contribution in [-0.2, 0) is 5.41 Å². The summed E-state index contributed by atoms with van der Waals surface area (Å²) < 4.78 is 0. The first-order chi connectivity index (χ1) is 9.31. The van der Waals surface area contributed by atoms with E-state index in [0.29, 0.717) is 11.6 Å². The second-order valence-electron chi connectivity index (χ2n) is 5.52. The molecule has 5 nitrogen and oxygen atoms in total. The molecule has 1 heterocycles. The predicted octanol–water partition coefficient (Wildman–Crippen LogP) is 3.09. The summed E-state index contributed by atoms with van der Waals surface area (Å²) in [4.78, 5) is 8.87. The summed E-state index contributed by atoms with van der Waals surface area (Å²) >= 11 is 5.92. The molecule has 0 aliphatic heterocycles. The lowest BCUT2D eigenvalue weighted by Crippen LogP contribution is -2.17. The first kappa shape index (κ1) is 14.6.